The zero-order valence-corrected chi connectivity index (χ0v) is 39.9. The Morgan fingerprint density at radius 3 is 1.80 bits per heavy atom. The first-order valence-corrected chi connectivity index (χ1v) is 27.9. The third kappa shape index (κ3) is 12.5. The molecular weight excluding hydrogens is 745 g/mol. The van der Waals surface area contributed by atoms with Crippen LogP contribution in [0, 0.1) is 0 Å². The number of ether oxygens (including phenoxy) is 1. The monoisotopic (exact) mass is 816 g/mol. The van der Waals surface area contributed by atoms with Crippen LogP contribution in [-0.4, -0.2) is 66.5 Å². The van der Waals surface area contributed by atoms with E-state index in [0.29, 0.717) is 19.4 Å². The Bertz CT molecular complexity index is 1650. The molecule has 0 saturated carbocycles. The number of rotatable bonds is 17. The van der Waals surface area contributed by atoms with Gasteiger partial charge in [0.25, 0.3) is 8.32 Å². The van der Waals surface area contributed by atoms with Gasteiger partial charge >= 0.3 is 5.97 Å². The van der Waals surface area contributed by atoms with Crippen molar-refractivity contribution in [1.29, 1.82) is 0 Å². The lowest BCUT2D eigenvalue weighted by atomic mass is 9.93. The molecule has 56 heavy (non-hydrogen) atoms. The van der Waals surface area contributed by atoms with E-state index >= 15 is 0 Å². The molecule has 4 atom stereocenters. The van der Waals surface area contributed by atoms with Crippen molar-refractivity contribution in [3.05, 3.63) is 121 Å². The maximum atomic E-state index is 12.1. The summed E-state index contributed by atoms with van der Waals surface area (Å²) in [5.74, 6) is -0.360. The summed E-state index contributed by atoms with van der Waals surface area (Å²) in [6, 6.07) is 21.4. The van der Waals surface area contributed by atoms with Gasteiger partial charge in [-0.15, -0.1) is 0 Å². The van der Waals surface area contributed by atoms with E-state index in [1.807, 2.05) is 49.5 Å². The van der Waals surface area contributed by atoms with E-state index in [2.05, 4.69) is 161 Å². The molecule has 9 heteroatoms. The number of hydrogen-bond donors (Lipinski definition) is 1. The summed E-state index contributed by atoms with van der Waals surface area (Å²) in [5, 5.41) is 14.5. The molecule has 0 unspecified atom stereocenters. The SMILES string of the molecule is CC(C)(C)[Si](C)(C)O[C@@H](\C=C/C=C\C=C\CO[Si](c1ccccc1)(c1ccccc1)C(C)(C)C)C[C@@H](O)[C@@](C)(C=C[C@H]1CC=CC(=O)O1)O[Si](C)(C)C(C)(C)C. The number of benzene rings is 2. The van der Waals surface area contributed by atoms with Crippen LogP contribution in [0.4, 0.5) is 0 Å². The minimum atomic E-state index is -2.62. The van der Waals surface area contributed by atoms with E-state index in [4.69, 9.17) is 18.0 Å². The first kappa shape index (κ1) is 47.5. The van der Waals surface area contributed by atoms with Crippen molar-refractivity contribution in [1.82, 2.24) is 0 Å². The Balaban J connectivity index is 1.86. The Morgan fingerprint density at radius 2 is 1.30 bits per heavy atom. The van der Waals surface area contributed by atoms with E-state index in [0.717, 1.165) is 0 Å². The van der Waals surface area contributed by atoms with E-state index in [1.165, 1.54) is 16.4 Å². The highest BCUT2D eigenvalue weighted by Gasteiger charge is 2.50. The molecule has 0 radical (unpaired) electrons. The predicted molar refractivity (Wildman–Crippen MR) is 243 cm³/mol. The van der Waals surface area contributed by atoms with Crippen LogP contribution in [0.1, 0.15) is 82.1 Å². The molecule has 2 aromatic carbocycles. The van der Waals surface area contributed by atoms with Gasteiger partial charge in [0.15, 0.2) is 16.6 Å². The maximum absolute atomic E-state index is 12.1. The molecule has 0 fully saturated rings. The number of esters is 1. The number of hydrogen-bond acceptors (Lipinski definition) is 6. The predicted octanol–water partition coefficient (Wildman–Crippen LogP) is 10.6. The van der Waals surface area contributed by atoms with Crippen molar-refractivity contribution in [2.75, 3.05) is 6.61 Å². The van der Waals surface area contributed by atoms with E-state index in [9.17, 15) is 9.90 Å². The number of aliphatic hydroxyl groups is 1. The van der Waals surface area contributed by atoms with Gasteiger partial charge < -0.3 is 23.1 Å². The van der Waals surface area contributed by atoms with Crippen molar-refractivity contribution in [2.24, 2.45) is 0 Å². The van der Waals surface area contributed by atoms with Gasteiger partial charge in [0.2, 0.25) is 0 Å². The second-order valence-electron chi connectivity index (χ2n) is 19.4. The molecule has 1 aliphatic rings. The smallest absolute Gasteiger partial charge is 0.331 e. The Labute approximate surface area is 343 Å². The molecule has 0 bridgehead atoms. The Morgan fingerprint density at radius 1 is 0.768 bits per heavy atom. The van der Waals surface area contributed by atoms with Gasteiger partial charge in [0.1, 0.15) is 6.10 Å². The normalized spacial score (nSPS) is 18.9. The molecule has 308 valence electrons. The largest absolute Gasteiger partial charge is 0.455 e. The molecular formula is C47H72O6Si3. The highest BCUT2D eigenvalue weighted by molar-refractivity contribution is 6.99. The first-order valence-electron chi connectivity index (χ1n) is 20.2. The minimum absolute atomic E-state index is 0.0209. The summed E-state index contributed by atoms with van der Waals surface area (Å²) < 4.78 is 26.5. The first-order chi connectivity index (χ1) is 25.8. The maximum Gasteiger partial charge on any atom is 0.331 e. The van der Waals surface area contributed by atoms with Crippen molar-refractivity contribution in [3.63, 3.8) is 0 Å². The molecule has 0 aliphatic carbocycles. The lowest BCUT2D eigenvalue weighted by Gasteiger charge is -2.46. The van der Waals surface area contributed by atoms with Crippen LogP contribution in [0.2, 0.25) is 41.3 Å². The van der Waals surface area contributed by atoms with Gasteiger partial charge in [0, 0.05) is 18.9 Å². The van der Waals surface area contributed by atoms with Gasteiger partial charge in [-0.1, -0.05) is 172 Å². The van der Waals surface area contributed by atoms with Gasteiger partial charge in [0.05, 0.1) is 24.4 Å². The fraction of sp³-hybridized carbons (Fsp3) is 0.511. The van der Waals surface area contributed by atoms with Crippen LogP contribution in [-0.2, 0) is 22.8 Å². The van der Waals surface area contributed by atoms with Crippen LogP contribution < -0.4 is 10.4 Å². The fourth-order valence-electron chi connectivity index (χ4n) is 6.43. The molecule has 0 amide bonds. The van der Waals surface area contributed by atoms with Crippen LogP contribution in [0.15, 0.2) is 121 Å². The van der Waals surface area contributed by atoms with Crippen molar-refractivity contribution < 1.29 is 27.9 Å². The number of aliphatic hydroxyl groups excluding tert-OH is 1. The quantitative estimate of drug-likeness (QED) is 0.0742. The van der Waals surface area contributed by atoms with Crippen LogP contribution in [0.5, 0.6) is 0 Å². The average molecular weight is 817 g/mol. The molecule has 1 aliphatic heterocycles. The molecule has 1 N–H and O–H groups in total. The lowest BCUT2D eigenvalue weighted by Crippen LogP contribution is -2.66. The summed E-state index contributed by atoms with van der Waals surface area (Å²) in [7, 11) is -7.19. The second kappa shape index (κ2) is 19.2. The molecule has 0 saturated heterocycles. The fourth-order valence-corrected chi connectivity index (χ4v) is 13.8. The molecule has 0 spiro atoms. The third-order valence-corrected chi connectivity index (χ3v) is 25.9. The van der Waals surface area contributed by atoms with Gasteiger partial charge in [-0.25, -0.2) is 4.79 Å². The third-order valence-electron chi connectivity index (χ3n) is 11.8. The van der Waals surface area contributed by atoms with E-state index in [-0.39, 0.29) is 27.2 Å². The standard InChI is InChI=1S/C47H72O6Si3/c1-44(2,3)54(11,12)52-39(37-42(48)47(10,53-55(13,14)45(4,5)6)35-34-38-28-26-33-43(49)51-38)27-20-16-15-17-25-36-50-56(46(7,8)9,40-29-21-18-22-30-40)41-31-23-19-24-32-41/h15-27,29-35,38-39,42,48H,28,36-37H2,1-14H3/b16-15-,25-17+,27-20-,35-34?/t38-,39+,42-,47-/m1/s1. The van der Waals surface area contributed by atoms with Crippen molar-refractivity contribution in [2.45, 2.75) is 147 Å². The Hall–Kier alpha value is -2.90. The van der Waals surface area contributed by atoms with Gasteiger partial charge in [-0.2, -0.15) is 0 Å². The number of cyclic esters (lactones) is 1. The van der Waals surface area contributed by atoms with E-state index in [1.54, 1.807) is 0 Å². The van der Waals surface area contributed by atoms with E-state index < -0.39 is 42.8 Å². The topological polar surface area (TPSA) is 74.2 Å². The van der Waals surface area contributed by atoms with Crippen molar-refractivity contribution in [3.8, 4) is 0 Å². The molecule has 0 aromatic heterocycles. The number of allylic oxidation sites excluding steroid dienone is 4. The molecule has 3 rings (SSSR count). The summed E-state index contributed by atoms with van der Waals surface area (Å²) in [6.45, 7) is 31.4. The van der Waals surface area contributed by atoms with Crippen LogP contribution in [0.3, 0.4) is 0 Å². The van der Waals surface area contributed by atoms with Crippen molar-refractivity contribution >= 4 is 41.3 Å². The number of carbonyl (C=O) groups is 1. The molecule has 1 heterocycles. The summed E-state index contributed by atoms with van der Waals surface area (Å²) in [4.78, 5) is 12.0. The zero-order chi connectivity index (χ0) is 42.1. The average Bonchev–Trinajstić information content (AvgIpc) is 3.09. The van der Waals surface area contributed by atoms with Crippen LogP contribution >= 0.6 is 0 Å². The second-order valence-corrected chi connectivity index (χ2v) is 33.1. The molecule has 2 aromatic rings. The summed E-state index contributed by atoms with van der Waals surface area (Å²) >= 11 is 0. The molecule has 6 nitrogen and oxygen atoms in total. The minimum Gasteiger partial charge on any atom is -0.455 e. The summed E-state index contributed by atoms with van der Waals surface area (Å²) in [5.41, 5.74) is -1.04. The van der Waals surface area contributed by atoms with Gasteiger partial charge in [-0.3, -0.25) is 0 Å². The van der Waals surface area contributed by atoms with Crippen LogP contribution in [0.25, 0.3) is 0 Å². The lowest BCUT2D eigenvalue weighted by molar-refractivity contribution is -0.141. The Kier molecular flexibility index (Phi) is 16.3. The summed E-state index contributed by atoms with van der Waals surface area (Å²) in [6.07, 6.45) is 18.5. The highest BCUT2D eigenvalue weighted by atomic mass is 28.4. The number of carbonyl (C=O) groups excluding carboxylic acids is 1. The van der Waals surface area contributed by atoms with Gasteiger partial charge in [-0.05, 0) is 64.7 Å². The zero-order valence-electron chi connectivity index (χ0n) is 36.9. The highest BCUT2D eigenvalue weighted by Crippen LogP contribution is 2.42.